The molecule has 0 aromatic heterocycles. The molecule has 0 radical (unpaired) electrons. The maximum absolute atomic E-state index is 8.25. The molecule has 8 heteroatoms. The van der Waals surface area contributed by atoms with Crippen molar-refractivity contribution in [1.29, 1.82) is 5.26 Å². The van der Waals surface area contributed by atoms with Gasteiger partial charge in [0.15, 0.2) is 0 Å². The molecule has 3 N–H and O–H groups in total. The second-order valence-corrected chi connectivity index (χ2v) is 0.524. The summed E-state index contributed by atoms with van der Waals surface area (Å²) in [6.45, 7) is 0. The normalized spacial score (nSPS) is 3.56. The van der Waals surface area contributed by atoms with Crippen molar-refractivity contribution in [3.63, 3.8) is 0 Å². The molecule has 0 rings (SSSR count). The second kappa shape index (κ2) is 25.1. The van der Waals surface area contributed by atoms with Crippen molar-refractivity contribution in [2.75, 3.05) is 0 Å². The van der Waals surface area contributed by atoms with Crippen LogP contribution >= 0.6 is 12.6 Å². The van der Waals surface area contributed by atoms with Crippen LogP contribution in [-0.2, 0) is 22.4 Å². The molecule has 0 aliphatic rings. The fourth-order valence-corrected chi connectivity index (χ4v) is 0. The Balaban J connectivity index is -0.0000000233. The predicted octanol–water partition coefficient (Wildman–Crippen LogP) is 0.318. The van der Waals surface area contributed by atoms with Gasteiger partial charge in [-0.15, -0.1) is 0 Å². The van der Waals surface area contributed by atoms with Crippen molar-refractivity contribution in [1.82, 2.24) is 6.15 Å². The monoisotopic (exact) mass is 245 g/mol. The van der Waals surface area contributed by atoms with Crippen LogP contribution in [0.3, 0.4) is 0 Å². The number of rotatable bonds is 0. The van der Waals surface area contributed by atoms with Gasteiger partial charge < -0.3 is 21.5 Å². The molecule has 0 unspecified atom stereocenters. The zero-order valence-electron chi connectivity index (χ0n) is 4.08. The van der Waals surface area contributed by atoms with E-state index in [1.54, 1.807) is 0 Å². The molecule has 0 aromatic carbocycles. The van der Waals surface area contributed by atoms with Crippen molar-refractivity contribution < 1.29 is 27.5 Å². The molecule has 0 heterocycles. The molecule has 58 valence electrons. The Morgan fingerprint density at radius 1 is 1.56 bits per heavy atom. The third-order valence-corrected chi connectivity index (χ3v) is 0. The van der Waals surface area contributed by atoms with E-state index >= 15 is 0 Å². The van der Waals surface area contributed by atoms with Gasteiger partial charge in [-0.05, 0) is 0 Å². The molecular weight excluding hydrogens is 242 g/mol. The van der Waals surface area contributed by atoms with Crippen LogP contribution in [0.4, 0.5) is 0 Å². The summed E-state index contributed by atoms with van der Waals surface area (Å²) < 4.78 is 0. The van der Waals surface area contributed by atoms with Crippen molar-refractivity contribution in [3.8, 4) is 5.40 Å². The van der Waals surface area contributed by atoms with Gasteiger partial charge in [-0.2, -0.15) is 5.26 Å². The van der Waals surface area contributed by atoms with Gasteiger partial charge >= 0.3 is 22.4 Å². The van der Waals surface area contributed by atoms with E-state index in [0.717, 1.165) is 0 Å². The fourth-order valence-electron chi connectivity index (χ4n) is 0. The smallest absolute Gasteiger partial charge is 0.356 e. The molecular formula is CH4AgN3O3S. The average molecular weight is 246 g/mol. The summed E-state index contributed by atoms with van der Waals surface area (Å²) in [6.07, 6.45) is 0. The van der Waals surface area contributed by atoms with E-state index in [1.807, 2.05) is 0 Å². The number of nitrogens with zero attached hydrogens (tertiary/aromatic N) is 2. The molecule has 9 heavy (non-hydrogen) atoms. The number of thiocyanates is 1. The number of nitriles is 1. The number of hydrogen-bond acceptors (Lipinski definition) is 6. The Kier molecular flexibility index (Phi) is 65.1. The van der Waals surface area contributed by atoms with Crippen LogP contribution in [0.25, 0.3) is 0 Å². The summed E-state index contributed by atoms with van der Waals surface area (Å²) in [7, 11) is 0. The van der Waals surface area contributed by atoms with Gasteiger partial charge in [0, 0.05) is 0 Å². The summed E-state index contributed by atoms with van der Waals surface area (Å²) in [5, 5.41) is 23.4. The van der Waals surface area contributed by atoms with Crippen molar-refractivity contribution >= 4 is 12.6 Å². The first-order valence-corrected chi connectivity index (χ1v) is 1.44. The van der Waals surface area contributed by atoms with Crippen LogP contribution in [0.1, 0.15) is 0 Å². The summed E-state index contributed by atoms with van der Waals surface area (Å²) in [6, 6.07) is 0. The van der Waals surface area contributed by atoms with E-state index in [-0.39, 0.29) is 28.5 Å². The van der Waals surface area contributed by atoms with Crippen LogP contribution in [0, 0.1) is 26.0 Å². The first kappa shape index (κ1) is 23.3. The maximum Gasteiger partial charge on any atom is 1.00 e. The molecule has 0 spiro atoms. The zero-order chi connectivity index (χ0) is 6.28. The Hall–Kier alpha value is -0.260. The fraction of sp³-hybridized carbons (Fsp3) is 0. The van der Waals surface area contributed by atoms with Crippen LogP contribution in [0.2, 0.25) is 0 Å². The SMILES string of the molecule is N.N#CS.O=[N+]([O-])[O-].[Ag+]. The summed E-state index contributed by atoms with van der Waals surface area (Å²) >= 11 is 3.09. The van der Waals surface area contributed by atoms with Crippen LogP contribution in [0.5, 0.6) is 0 Å². The Morgan fingerprint density at radius 2 is 1.56 bits per heavy atom. The van der Waals surface area contributed by atoms with Crippen molar-refractivity contribution in [3.05, 3.63) is 15.3 Å². The first-order valence-electron chi connectivity index (χ1n) is 0.995. The molecule has 0 amide bonds. The third-order valence-electron chi connectivity index (χ3n) is 0. The quantitative estimate of drug-likeness (QED) is 0.209. The third kappa shape index (κ3) is 3780. The predicted molar refractivity (Wildman–Crippen MR) is 30.0 cm³/mol. The molecule has 0 aromatic rings. The Morgan fingerprint density at radius 3 is 1.56 bits per heavy atom. The van der Waals surface area contributed by atoms with Gasteiger partial charge in [-0.3, -0.25) is 0 Å². The molecule has 0 atom stereocenters. The van der Waals surface area contributed by atoms with Crippen LogP contribution in [-0.4, -0.2) is 5.09 Å². The zero-order valence-corrected chi connectivity index (χ0v) is 6.45. The number of thiol groups is 1. The minimum absolute atomic E-state index is 0. The molecule has 0 aliphatic carbocycles. The van der Waals surface area contributed by atoms with Gasteiger partial charge in [0.05, 0.1) is 5.09 Å². The summed E-state index contributed by atoms with van der Waals surface area (Å²) in [5.74, 6) is 0. The molecule has 0 saturated heterocycles. The first-order chi connectivity index (χ1) is 3.15. The standard InChI is InChI=1S/CHNS.Ag.NO3.H3N/c2-1-3;;2-1(3)4;/h3H;;;1H3/q;+1;-1;. The van der Waals surface area contributed by atoms with E-state index < -0.39 is 5.09 Å². The van der Waals surface area contributed by atoms with Gasteiger partial charge in [0.2, 0.25) is 0 Å². The molecule has 0 fully saturated rings. The van der Waals surface area contributed by atoms with Gasteiger partial charge in [-0.1, -0.05) is 12.6 Å². The van der Waals surface area contributed by atoms with E-state index in [2.05, 4.69) is 12.6 Å². The second-order valence-electron chi connectivity index (χ2n) is 0.324. The van der Waals surface area contributed by atoms with Crippen LogP contribution in [0.15, 0.2) is 0 Å². The van der Waals surface area contributed by atoms with E-state index in [0.29, 0.717) is 0 Å². The summed E-state index contributed by atoms with van der Waals surface area (Å²) in [4.78, 5) is 8.25. The molecule has 0 saturated carbocycles. The molecule has 6 nitrogen and oxygen atoms in total. The van der Waals surface area contributed by atoms with Gasteiger partial charge in [-0.25, -0.2) is 0 Å². The molecule has 0 aliphatic heterocycles. The van der Waals surface area contributed by atoms with E-state index in [9.17, 15) is 0 Å². The van der Waals surface area contributed by atoms with Crippen molar-refractivity contribution in [2.45, 2.75) is 0 Å². The number of hydrogen-bond donors (Lipinski definition) is 2. The minimum Gasteiger partial charge on any atom is -0.356 e. The summed E-state index contributed by atoms with van der Waals surface area (Å²) in [5.41, 5.74) is 0. The molecule has 0 bridgehead atoms. The van der Waals surface area contributed by atoms with E-state index in [4.69, 9.17) is 20.6 Å². The largest absolute Gasteiger partial charge is 1.00 e. The van der Waals surface area contributed by atoms with E-state index in [1.165, 1.54) is 5.40 Å². The minimum atomic E-state index is -1.75. The van der Waals surface area contributed by atoms with Crippen LogP contribution < -0.4 is 6.15 Å². The Bertz CT molecular complexity index is 87.5. The Labute approximate surface area is 72.5 Å². The average Bonchev–Trinajstić information content (AvgIpc) is 1.33. The van der Waals surface area contributed by atoms with Gasteiger partial charge in [0.25, 0.3) is 0 Å². The maximum atomic E-state index is 8.25. The van der Waals surface area contributed by atoms with Gasteiger partial charge in [0.1, 0.15) is 5.40 Å². The van der Waals surface area contributed by atoms with Crippen molar-refractivity contribution in [2.24, 2.45) is 0 Å². The topological polar surface area (TPSA) is 125 Å².